The number of urea groups is 1. The third-order valence-corrected chi connectivity index (χ3v) is 5.19. The molecule has 122 valence electrons. The van der Waals surface area contributed by atoms with E-state index >= 15 is 0 Å². The van der Waals surface area contributed by atoms with Gasteiger partial charge in [0, 0.05) is 19.6 Å². The van der Waals surface area contributed by atoms with Crippen LogP contribution in [0.25, 0.3) is 0 Å². The van der Waals surface area contributed by atoms with E-state index in [0.29, 0.717) is 5.92 Å². The quantitative estimate of drug-likeness (QED) is 0.792. The van der Waals surface area contributed by atoms with E-state index in [2.05, 4.69) is 24.1 Å². The van der Waals surface area contributed by atoms with E-state index in [1.54, 1.807) is 0 Å². The summed E-state index contributed by atoms with van der Waals surface area (Å²) in [5.74, 6) is 1.60. The largest absolute Gasteiger partial charge is 0.338 e. The fourth-order valence-electron chi connectivity index (χ4n) is 3.48. The summed E-state index contributed by atoms with van der Waals surface area (Å²) in [6, 6.07) is 0.153. The van der Waals surface area contributed by atoms with Gasteiger partial charge in [-0.3, -0.25) is 0 Å². The minimum absolute atomic E-state index is 0.153. The number of hydrogen-bond donors (Lipinski definition) is 1. The van der Waals surface area contributed by atoms with Gasteiger partial charge in [-0.25, -0.2) is 4.79 Å². The molecule has 0 radical (unpaired) electrons. The van der Waals surface area contributed by atoms with Gasteiger partial charge in [-0.2, -0.15) is 0 Å². The second-order valence-electron chi connectivity index (χ2n) is 6.97. The molecule has 2 aliphatic heterocycles. The van der Waals surface area contributed by atoms with Crippen LogP contribution >= 0.6 is 0 Å². The molecule has 0 aromatic rings. The number of carbonyl (C=O) groups is 1. The number of amides is 2. The van der Waals surface area contributed by atoms with E-state index in [-0.39, 0.29) is 6.03 Å². The summed E-state index contributed by atoms with van der Waals surface area (Å²) >= 11 is 0. The van der Waals surface area contributed by atoms with Gasteiger partial charge in [-0.15, -0.1) is 0 Å². The SMILES string of the molecule is CCC1CCCN(C(=O)NCCCN2CCC(C)CC2)C1. The van der Waals surface area contributed by atoms with Gasteiger partial charge in [-0.05, 0) is 63.6 Å². The summed E-state index contributed by atoms with van der Waals surface area (Å²) < 4.78 is 0. The van der Waals surface area contributed by atoms with Crippen molar-refractivity contribution in [2.75, 3.05) is 39.3 Å². The Balaban J connectivity index is 1.56. The predicted octanol–water partition coefficient (Wildman–Crippen LogP) is 2.94. The van der Waals surface area contributed by atoms with Crippen LogP contribution in [0.2, 0.25) is 0 Å². The molecular formula is C17H33N3O. The van der Waals surface area contributed by atoms with Crippen molar-refractivity contribution in [3.05, 3.63) is 0 Å². The Morgan fingerprint density at radius 2 is 1.95 bits per heavy atom. The molecule has 1 atom stereocenters. The van der Waals surface area contributed by atoms with Crippen molar-refractivity contribution < 1.29 is 4.79 Å². The summed E-state index contributed by atoms with van der Waals surface area (Å²) in [4.78, 5) is 16.7. The summed E-state index contributed by atoms with van der Waals surface area (Å²) in [7, 11) is 0. The van der Waals surface area contributed by atoms with E-state index in [1.807, 2.05) is 4.90 Å². The van der Waals surface area contributed by atoms with E-state index in [1.165, 1.54) is 38.8 Å². The lowest BCUT2D eigenvalue weighted by Gasteiger charge is -2.32. The molecule has 0 aromatic heterocycles. The van der Waals surface area contributed by atoms with Gasteiger partial charge in [0.15, 0.2) is 0 Å². The fraction of sp³-hybridized carbons (Fsp3) is 0.941. The molecule has 2 aliphatic rings. The van der Waals surface area contributed by atoms with Crippen LogP contribution in [0.1, 0.15) is 52.4 Å². The molecule has 0 aromatic carbocycles. The van der Waals surface area contributed by atoms with Crippen LogP contribution in [0.15, 0.2) is 0 Å². The normalized spacial score (nSPS) is 25.0. The monoisotopic (exact) mass is 295 g/mol. The molecule has 2 fully saturated rings. The first-order valence-corrected chi connectivity index (χ1v) is 8.94. The Labute approximate surface area is 130 Å². The molecule has 1 N–H and O–H groups in total. The van der Waals surface area contributed by atoms with E-state index in [9.17, 15) is 4.79 Å². The Morgan fingerprint density at radius 3 is 2.67 bits per heavy atom. The van der Waals surface area contributed by atoms with Crippen LogP contribution < -0.4 is 5.32 Å². The highest BCUT2D eigenvalue weighted by atomic mass is 16.2. The zero-order valence-corrected chi connectivity index (χ0v) is 13.9. The van der Waals surface area contributed by atoms with Crippen molar-refractivity contribution in [1.82, 2.24) is 15.1 Å². The van der Waals surface area contributed by atoms with Gasteiger partial charge in [0.05, 0.1) is 0 Å². The third-order valence-electron chi connectivity index (χ3n) is 5.19. The zero-order valence-electron chi connectivity index (χ0n) is 13.9. The van der Waals surface area contributed by atoms with Gasteiger partial charge in [0.1, 0.15) is 0 Å². The Hall–Kier alpha value is -0.770. The molecule has 1 unspecified atom stereocenters. The van der Waals surface area contributed by atoms with E-state index in [4.69, 9.17) is 0 Å². The van der Waals surface area contributed by atoms with E-state index < -0.39 is 0 Å². The van der Waals surface area contributed by atoms with E-state index in [0.717, 1.165) is 44.9 Å². The first-order valence-electron chi connectivity index (χ1n) is 8.94. The van der Waals surface area contributed by atoms with Crippen LogP contribution in [0.5, 0.6) is 0 Å². The Bertz CT molecular complexity index is 313. The number of hydrogen-bond acceptors (Lipinski definition) is 2. The molecule has 0 spiro atoms. The number of rotatable bonds is 5. The van der Waals surface area contributed by atoms with Crippen molar-refractivity contribution in [2.45, 2.75) is 52.4 Å². The lowest BCUT2D eigenvalue weighted by atomic mass is 9.96. The van der Waals surface area contributed by atoms with Gasteiger partial charge < -0.3 is 15.1 Å². The fourth-order valence-corrected chi connectivity index (χ4v) is 3.48. The van der Waals surface area contributed by atoms with Gasteiger partial charge >= 0.3 is 6.03 Å². The maximum Gasteiger partial charge on any atom is 0.317 e. The minimum Gasteiger partial charge on any atom is -0.338 e. The topological polar surface area (TPSA) is 35.6 Å². The average molecular weight is 295 g/mol. The molecule has 0 saturated carbocycles. The highest BCUT2D eigenvalue weighted by molar-refractivity contribution is 5.74. The molecule has 2 rings (SSSR count). The molecule has 21 heavy (non-hydrogen) atoms. The van der Waals surface area contributed by atoms with Crippen molar-refractivity contribution in [3.63, 3.8) is 0 Å². The van der Waals surface area contributed by atoms with Gasteiger partial charge in [0.25, 0.3) is 0 Å². The number of nitrogens with one attached hydrogen (secondary N) is 1. The third kappa shape index (κ3) is 5.50. The average Bonchev–Trinajstić information content (AvgIpc) is 2.53. The van der Waals surface area contributed by atoms with Crippen molar-refractivity contribution in [2.24, 2.45) is 11.8 Å². The van der Waals surface area contributed by atoms with Crippen LogP contribution in [0, 0.1) is 11.8 Å². The maximum atomic E-state index is 12.2. The molecule has 2 saturated heterocycles. The first kappa shape index (κ1) is 16.6. The molecule has 4 nitrogen and oxygen atoms in total. The summed E-state index contributed by atoms with van der Waals surface area (Å²) in [6.07, 6.45) is 7.38. The van der Waals surface area contributed by atoms with Gasteiger partial charge in [0.2, 0.25) is 0 Å². The predicted molar refractivity (Wildman–Crippen MR) is 87.4 cm³/mol. The van der Waals surface area contributed by atoms with Crippen molar-refractivity contribution in [1.29, 1.82) is 0 Å². The van der Waals surface area contributed by atoms with Crippen molar-refractivity contribution in [3.8, 4) is 0 Å². The molecule has 0 aliphatic carbocycles. The maximum absolute atomic E-state index is 12.2. The van der Waals surface area contributed by atoms with Crippen LogP contribution in [-0.4, -0.2) is 55.1 Å². The molecule has 2 heterocycles. The lowest BCUT2D eigenvalue weighted by molar-refractivity contribution is 0.162. The standard InChI is InChI=1S/C17H33N3O/c1-3-16-6-4-11-20(14-16)17(21)18-9-5-10-19-12-7-15(2)8-13-19/h15-16H,3-14H2,1-2H3,(H,18,21). The number of piperidine rings is 2. The molecule has 4 heteroatoms. The van der Waals surface area contributed by atoms with Gasteiger partial charge in [-0.1, -0.05) is 20.3 Å². The Kier molecular flexibility index (Phi) is 6.81. The highest BCUT2D eigenvalue weighted by Gasteiger charge is 2.22. The molecular weight excluding hydrogens is 262 g/mol. The first-order chi connectivity index (χ1) is 10.2. The smallest absolute Gasteiger partial charge is 0.317 e. The van der Waals surface area contributed by atoms with Crippen molar-refractivity contribution >= 4 is 6.03 Å². The highest BCUT2D eigenvalue weighted by Crippen LogP contribution is 2.19. The Morgan fingerprint density at radius 1 is 1.19 bits per heavy atom. The summed E-state index contributed by atoms with van der Waals surface area (Å²) in [6.45, 7) is 10.9. The number of nitrogens with zero attached hydrogens (tertiary/aromatic N) is 2. The van der Waals surface area contributed by atoms with Crippen LogP contribution in [0.3, 0.4) is 0 Å². The minimum atomic E-state index is 0.153. The summed E-state index contributed by atoms with van der Waals surface area (Å²) in [5, 5.41) is 3.11. The lowest BCUT2D eigenvalue weighted by Crippen LogP contribution is -2.46. The molecule has 0 bridgehead atoms. The van der Waals surface area contributed by atoms with Crippen LogP contribution in [-0.2, 0) is 0 Å². The zero-order chi connectivity index (χ0) is 15.1. The number of carbonyl (C=O) groups excluding carboxylic acids is 1. The molecule has 2 amide bonds. The number of likely N-dealkylation sites (tertiary alicyclic amines) is 2. The second kappa shape index (κ2) is 8.62. The second-order valence-corrected chi connectivity index (χ2v) is 6.97. The van der Waals surface area contributed by atoms with Crippen LogP contribution in [0.4, 0.5) is 4.79 Å². The summed E-state index contributed by atoms with van der Waals surface area (Å²) in [5.41, 5.74) is 0.